The van der Waals surface area contributed by atoms with Gasteiger partial charge in [-0.05, 0) is 72.5 Å². The van der Waals surface area contributed by atoms with Crippen LogP contribution in [0, 0.1) is 0 Å². The first-order valence-corrected chi connectivity index (χ1v) is 13.3. The molecule has 0 bridgehead atoms. The lowest BCUT2D eigenvalue weighted by molar-refractivity contribution is 0.102. The van der Waals surface area contributed by atoms with E-state index in [4.69, 9.17) is 0 Å². The highest BCUT2D eigenvalue weighted by molar-refractivity contribution is 6.06. The van der Waals surface area contributed by atoms with E-state index in [2.05, 4.69) is 65.0 Å². The zero-order chi connectivity index (χ0) is 26.9. The zero-order valence-electron chi connectivity index (χ0n) is 22.7. The molecule has 206 valence electrons. The molecule has 1 saturated heterocycles. The Kier molecular flexibility index (Phi) is 8.42. The Morgan fingerprint density at radius 1 is 1.00 bits per heavy atom. The molecule has 7 heteroatoms. The van der Waals surface area contributed by atoms with Crippen LogP contribution in [0.3, 0.4) is 0 Å². The van der Waals surface area contributed by atoms with Crippen molar-refractivity contribution in [1.29, 1.82) is 0 Å². The summed E-state index contributed by atoms with van der Waals surface area (Å²) >= 11 is 0. The zero-order valence-corrected chi connectivity index (χ0v) is 22.7. The van der Waals surface area contributed by atoms with Gasteiger partial charge in [-0.1, -0.05) is 46.4 Å². The Labute approximate surface area is 231 Å². The second-order valence-corrected chi connectivity index (χ2v) is 11.3. The van der Waals surface area contributed by atoms with Crippen molar-refractivity contribution in [2.24, 2.45) is 0 Å². The third kappa shape index (κ3) is 6.67. The van der Waals surface area contributed by atoms with Gasteiger partial charge in [0, 0.05) is 44.0 Å². The van der Waals surface area contributed by atoms with E-state index in [9.17, 15) is 9.90 Å². The third-order valence-electron chi connectivity index (χ3n) is 7.39. The predicted molar refractivity (Wildman–Crippen MR) is 161 cm³/mol. The van der Waals surface area contributed by atoms with E-state index in [0.717, 1.165) is 61.4 Å². The lowest BCUT2D eigenvalue weighted by atomic mass is 9.86. The number of carbonyl (C=O) groups is 1. The number of anilines is 1. The molecule has 3 N–H and O–H groups in total. The van der Waals surface area contributed by atoms with E-state index in [1.165, 1.54) is 5.56 Å². The lowest BCUT2D eigenvalue weighted by Crippen LogP contribution is -2.45. The molecule has 7 nitrogen and oxygen atoms in total. The SMILES string of the molecule is C.CN1CCN(CCc2ccc(NC(=O)c3ccc4nc(-c5cc(C(C)(C)C)ccc5O)[nH]c4c3)cc2)CC1. The Hall–Kier alpha value is -3.68. The Morgan fingerprint density at radius 3 is 2.41 bits per heavy atom. The molecule has 1 aliphatic heterocycles. The Morgan fingerprint density at radius 2 is 1.72 bits per heavy atom. The molecule has 39 heavy (non-hydrogen) atoms. The highest BCUT2D eigenvalue weighted by Gasteiger charge is 2.18. The van der Waals surface area contributed by atoms with Crippen molar-refractivity contribution in [2.45, 2.75) is 40.0 Å². The van der Waals surface area contributed by atoms with Crippen LogP contribution < -0.4 is 5.32 Å². The van der Waals surface area contributed by atoms with Crippen LogP contribution in [0.25, 0.3) is 22.4 Å². The maximum Gasteiger partial charge on any atom is 0.255 e. The topological polar surface area (TPSA) is 84.5 Å². The van der Waals surface area contributed by atoms with Crippen LogP contribution in [0.15, 0.2) is 60.7 Å². The fourth-order valence-electron chi connectivity index (χ4n) is 4.79. The number of nitrogens with one attached hydrogen (secondary N) is 2. The summed E-state index contributed by atoms with van der Waals surface area (Å²) in [6.45, 7) is 12.0. The van der Waals surface area contributed by atoms with Gasteiger partial charge in [0.05, 0.1) is 16.6 Å². The monoisotopic (exact) mass is 527 g/mol. The molecule has 0 radical (unpaired) electrons. The van der Waals surface area contributed by atoms with Gasteiger partial charge in [0.1, 0.15) is 11.6 Å². The van der Waals surface area contributed by atoms with Gasteiger partial charge >= 0.3 is 0 Å². The van der Waals surface area contributed by atoms with Crippen LogP contribution in [0.4, 0.5) is 5.69 Å². The highest BCUT2D eigenvalue weighted by Crippen LogP contribution is 2.33. The van der Waals surface area contributed by atoms with Crippen LogP contribution in [0.5, 0.6) is 5.75 Å². The molecule has 0 aliphatic carbocycles. The van der Waals surface area contributed by atoms with E-state index >= 15 is 0 Å². The summed E-state index contributed by atoms with van der Waals surface area (Å²) in [4.78, 5) is 25.8. The standard InChI is InChI=1S/C31H37N5O2.CH4/c1-31(2,3)23-8-12-28(37)25(20-23)29-33-26-11-7-22(19-27(26)34-29)30(38)32-24-9-5-21(6-10-24)13-14-36-17-15-35(4)16-18-36;/h5-12,19-20,37H,13-18H2,1-4H3,(H,32,38)(H,33,34);1H4. The normalized spacial score (nSPS) is 14.8. The molecular weight excluding hydrogens is 486 g/mol. The van der Waals surface area contributed by atoms with Crippen molar-refractivity contribution in [3.63, 3.8) is 0 Å². The van der Waals surface area contributed by atoms with Crippen LogP contribution in [-0.2, 0) is 11.8 Å². The molecule has 0 saturated carbocycles. The van der Waals surface area contributed by atoms with E-state index in [1.807, 2.05) is 30.3 Å². The van der Waals surface area contributed by atoms with Crippen molar-refractivity contribution in [1.82, 2.24) is 19.8 Å². The average molecular weight is 528 g/mol. The molecule has 0 atom stereocenters. The number of imidazole rings is 1. The first kappa shape index (κ1) is 28.3. The van der Waals surface area contributed by atoms with Gasteiger partial charge in [-0.3, -0.25) is 4.79 Å². The number of nitrogens with zero attached hydrogens (tertiary/aromatic N) is 3. The number of amides is 1. The number of likely N-dealkylation sites (N-methyl/N-ethyl adjacent to an activating group) is 1. The quantitative estimate of drug-likeness (QED) is 0.290. The highest BCUT2D eigenvalue weighted by atomic mass is 16.3. The summed E-state index contributed by atoms with van der Waals surface area (Å²) in [5.74, 6) is 0.570. The summed E-state index contributed by atoms with van der Waals surface area (Å²) in [6.07, 6.45) is 1.00. The van der Waals surface area contributed by atoms with Gasteiger partial charge in [0.2, 0.25) is 0 Å². The second kappa shape index (κ2) is 11.6. The Bertz CT molecular complexity index is 1430. The molecule has 2 heterocycles. The number of fused-ring (bicyclic) bond motifs is 1. The van der Waals surface area contributed by atoms with Crippen molar-refractivity contribution in [3.05, 3.63) is 77.4 Å². The van der Waals surface area contributed by atoms with Gasteiger partial charge in [-0.25, -0.2) is 4.98 Å². The smallest absolute Gasteiger partial charge is 0.255 e. The molecule has 1 aromatic heterocycles. The predicted octanol–water partition coefficient (Wildman–Crippen LogP) is 5.91. The van der Waals surface area contributed by atoms with Crippen molar-refractivity contribution in [3.8, 4) is 17.1 Å². The average Bonchev–Trinajstić information content (AvgIpc) is 3.32. The van der Waals surface area contributed by atoms with Crippen molar-refractivity contribution >= 4 is 22.6 Å². The molecule has 1 fully saturated rings. The molecule has 1 amide bonds. The van der Waals surface area contributed by atoms with E-state index in [-0.39, 0.29) is 24.5 Å². The van der Waals surface area contributed by atoms with E-state index in [1.54, 1.807) is 18.2 Å². The Balaban J connectivity index is 0.00000353. The number of phenols is 1. The molecule has 0 spiro atoms. The molecule has 5 rings (SSSR count). The molecular formula is C32H41N5O2. The van der Waals surface area contributed by atoms with E-state index < -0.39 is 0 Å². The number of carbonyl (C=O) groups excluding carboxylic acids is 1. The van der Waals surface area contributed by atoms with Gasteiger partial charge in [-0.2, -0.15) is 0 Å². The largest absolute Gasteiger partial charge is 0.507 e. The molecule has 1 aliphatic rings. The third-order valence-corrected chi connectivity index (χ3v) is 7.39. The van der Waals surface area contributed by atoms with Gasteiger partial charge in [0.25, 0.3) is 5.91 Å². The van der Waals surface area contributed by atoms with Crippen molar-refractivity contribution < 1.29 is 9.90 Å². The number of rotatable bonds is 6. The summed E-state index contributed by atoms with van der Waals surface area (Å²) in [5, 5.41) is 13.5. The molecule has 4 aromatic rings. The maximum atomic E-state index is 13.0. The first-order valence-electron chi connectivity index (χ1n) is 13.3. The number of aromatic hydroxyl groups is 1. The van der Waals surface area contributed by atoms with Crippen molar-refractivity contribution in [2.75, 3.05) is 45.1 Å². The minimum atomic E-state index is -0.175. The van der Waals surface area contributed by atoms with E-state index in [0.29, 0.717) is 17.0 Å². The minimum absolute atomic E-state index is 0. The number of piperazine rings is 1. The number of H-pyrrole nitrogens is 1. The molecule has 0 unspecified atom stereocenters. The summed E-state index contributed by atoms with van der Waals surface area (Å²) in [6, 6.07) is 19.1. The summed E-state index contributed by atoms with van der Waals surface area (Å²) < 4.78 is 0. The minimum Gasteiger partial charge on any atom is -0.507 e. The number of benzene rings is 3. The van der Waals surface area contributed by atoms with Gasteiger partial charge < -0.3 is 25.2 Å². The molecule has 3 aromatic carbocycles. The van der Waals surface area contributed by atoms with Crippen LogP contribution >= 0.6 is 0 Å². The fraction of sp³-hybridized carbons (Fsp3) is 0.375. The fourth-order valence-corrected chi connectivity index (χ4v) is 4.79. The second-order valence-electron chi connectivity index (χ2n) is 11.3. The number of aromatic amines is 1. The number of phenolic OH excluding ortho intramolecular Hbond substituents is 1. The first-order chi connectivity index (χ1) is 18.2. The van der Waals surface area contributed by atoms with Crippen LogP contribution in [-0.4, -0.2) is 70.6 Å². The van der Waals surface area contributed by atoms with Gasteiger partial charge in [-0.15, -0.1) is 0 Å². The number of hydrogen-bond donors (Lipinski definition) is 3. The number of hydrogen-bond acceptors (Lipinski definition) is 5. The summed E-state index contributed by atoms with van der Waals surface area (Å²) in [5.41, 5.74) is 5.76. The van der Waals surface area contributed by atoms with Crippen LogP contribution in [0.2, 0.25) is 0 Å². The maximum absolute atomic E-state index is 13.0. The summed E-state index contributed by atoms with van der Waals surface area (Å²) in [7, 11) is 2.17. The number of aromatic nitrogens is 2. The van der Waals surface area contributed by atoms with Gasteiger partial charge in [0.15, 0.2) is 0 Å². The lowest BCUT2D eigenvalue weighted by Gasteiger charge is -2.32. The van der Waals surface area contributed by atoms with Crippen LogP contribution in [0.1, 0.15) is 49.7 Å².